The van der Waals surface area contributed by atoms with E-state index in [4.69, 9.17) is 0 Å². The number of nitrogens with one attached hydrogen (secondary N) is 1. The van der Waals surface area contributed by atoms with Gasteiger partial charge in [-0.3, -0.25) is 4.98 Å². The topological polar surface area (TPSA) is 28.2 Å². The summed E-state index contributed by atoms with van der Waals surface area (Å²) < 4.78 is 0. The molecule has 16 heavy (non-hydrogen) atoms. The van der Waals surface area contributed by atoms with Crippen LogP contribution >= 0.6 is 12.4 Å². The van der Waals surface area contributed by atoms with Gasteiger partial charge in [-0.2, -0.15) is 0 Å². The summed E-state index contributed by atoms with van der Waals surface area (Å²) in [7, 11) is 2.17. The summed E-state index contributed by atoms with van der Waals surface area (Å²) in [5.74, 6) is 0. The highest BCUT2D eigenvalue weighted by Crippen LogP contribution is 2.08. The van der Waals surface area contributed by atoms with Crippen molar-refractivity contribution in [2.45, 2.75) is 25.4 Å². The lowest BCUT2D eigenvalue weighted by molar-refractivity contribution is 0.293. The van der Waals surface area contributed by atoms with Gasteiger partial charge in [0.15, 0.2) is 0 Å². The molecule has 1 aromatic rings. The molecule has 1 fully saturated rings. The molecule has 0 aliphatic carbocycles. The van der Waals surface area contributed by atoms with Crippen LogP contribution in [0.4, 0.5) is 0 Å². The monoisotopic (exact) mass is 241 g/mol. The Morgan fingerprint density at radius 3 is 3.06 bits per heavy atom. The highest BCUT2D eigenvalue weighted by Gasteiger charge is 2.15. The average Bonchev–Trinajstić information content (AvgIpc) is 2.71. The highest BCUT2D eigenvalue weighted by atomic mass is 35.5. The zero-order valence-corrected chi connectivity index (χ0v) is 10.5. The molecule has 1 unspecified atom stereocenters. The van der Waals surface area contributed by atoms with Crippen molar-refractivity contribution in [1.82, 2.24) is 15.2 Å². The summed E-state index contributed by atoms with van der Waals surface area (Å²) in [6, 6.07) is 4.81. The maximum absolute atomic E-state index is 4.13. The van der Waals surface area contributed by atoms with Gasteiger partial charge in [-0.1, -0.05) is 6.07 Å². The summed E-state index contributed by atoms with van der Waals surface area (Å²) in [5, 5.41) is 3.52. The predicted octanol–water partition coefficient (Wildman–Crippen LogP) is 1.69. The second-order valence-corrected chi connectivity index (χ2v) is 4.35. The molecule has 3 nitrogen and oxygen atoms in total. The number of aromatic nitrogens is 1. The predicted molar refractivity (Wildman–Crippen MR) is 68.8 cm³/mol. The fourth-order valence-corrected chi connectivity index (χ4v) is 2.16. The van der Waals surface area contributed by atoms with Gasteiger partial charge in [0.05, 0.1) is 0 Å². The van der Waals surface area contributed by atoms with Crippen molar-refractivity contribution >= 4 is 12.4 Å². The van der Waals surface area contributed by atoms with Gasteiger partial charge >= 0.3 is 0 Å². The molecular weight excluding hydrogens is 222 g/mol. The summed E-state index contributed by atoms with van der Waals surface area (Å²) in [6.07, 6.45) is 6.41. The SMILES string of the molecule is CN(Cc1cccnc1)CC1CCCN1.Cl. The van der Waals surface area contributed by atoms with Crippen LogP contribution in [0.5, 0.6) is 0 Å². The third kappa shape index (κ3) is 4.08. The van der Waals surface area contributed by atoms with Crippen molar-refractivity contribution in [2.24, 2.45) is 0 Å². The van der Waals surface area contributed by atoms with Crippen molar-refractivity contribution in [3.63, 3.8) is 0 Å². The van der Waals surface area contributed by atoms with E-state index in [1.54, 1.807) is 0 Å². The quantitative estimate of drug-likeness (QED) is 0.870. The number of hydrogen-bond acceptors (Lipinski definition) is 3. The van der Waals surface area contributed by atoms with Crippen LogP contribution in [0.25, 0.3) is 0 Å². The first-order chi connectivity index (χ1) is 7.34. The lowest BCUT2D eigenvalue weighted by Gasteiger charge is -2.20. The molecular formula is C12H20ClN3. The Morgan fingerprint density at radius 1 is 1.56 bits per heavy atom. The average molecular weight is 242 g/mol. The Hall–Kier alpha value is -0.640. The van der Waals surface area contributed by atoms with Crippen LogP contribution in [-0.4, -0.2) is 36.1 Å². The van der Waals surface area contributed by atoms with E-state index in [1.165, 1.54) is 24.9 Å². The first-order valence-corrected chi connectivity index (χ1v) is 5.65. The molecule has 1 aromatic heterocycles. The Morgan fingerprint density at radius 2 is 2.44 bits per heavy atom. The maximum atomic E-state index is 4.13. The Kier molecular flexibility index (Phi) is 5.74. The zero-order valence-electron chi connectivity index (χ0n) is 9.72. The van der Waals surface area contributed by atoms with Gasteiger partial charge in [0.1, 0.15) is 0 Å². The van der Waals surface area contributed by atoms with Crippen LogP contribution in [-0.2, 0) is 6.54 Å². The molecule has 1 atom stereocenters. The Labute approximate surface area is 104 Å². The minimum atomic E-state index is 0. The van der Waals surface area contributed by atoms with E-state index in [0.29, 0.717) is 6.04 Å². The van der Waals surface area contributed by atoms with E-state index >= 15 is 0 Å². The van der Waals surface area contributed by atoms with E-state index < -0.39 is 0 Å². The fraction of sp³-hybridized carbons (Fsp3) is 0.583. The van der Waals surface area contributed by atoms with Crippen LogP contribution in [0.1, 0.15) is 18.4 Å². The van der Waals surface area contributed by atoms with Gasteiger partial charge in [0, 0.05) is 31.5 Å². The van der Waals surface area contributed by atoms with Crippen LogP contribution < -0.4 is 5.32 Å². The van der Waals surface area contributed by atoms with Crippen LogP contribution in [0.15, 0.2) is 24.5 Å². The van der Waals surface area contributed by atoms with Crippen LogP contribution in [0.3, 0.4) is 0 Å². The lowest BCUT2D eigenvalue weighted by Crippen LogP contribution is -2.34. The van der Waals surface area contributed by atoms with Gasteiger partial charge < -0.3 is 10.2 Å². The van der Waals surface area contributed by atoms with Crippen molar-refractivity contribution in [3.05, 3.63) is 30.1 Å². The molecule has 2 rings (SSSR count). The Balaban J connectivity index is 0.00000128. The molecule has 0 spiro atoms. The van der Waals surface area contributed by atoms with Crippen LogP contribution in [0, 0.1) is 0 Å². The van der Waals surface area contributed by atoms with Crippen molar-refractivity contribution in [3.8, 4) is 0 Å². The summed E-state index contributed by atoms with van der Waals surface area (Å²) in [6.45, 7) is 3.31. The van der Waals surface area contributed by atoms with Crippen molar-refractivity contribution in [2.75, 3.05) is 20.1 Å². The van der Waals surface area contributed by atoms with Crippen LogP contribution in [0.2, 0.25) is 0 Å². The second-order valence-electron chi connectivity index (χ2n) is 4.35. The minimum absolute atomic E-state index is 0. The molecule has 0 bridgehead atoms. The van der Waals surface area contributed by atoms with Gasteiger partial charge in [0.25, 0.3) is 0 Å². The maximum Gasteiger partial charge on any atom is 0.0312 e. The van der Waals surface area contributed by atoms with E-state index in [2.05, 4.69) is 28.3 Å². The Bertz CT molecular complexity index is 286. The number of nitrogens with zero attached hydrogens (tertiary/aromatic N) is 2. The third-order valence-corrected chi connectivity index (χ3v) is 2.87. The molecule has 90 valence electrons. The van der Waals surface area contributed by atoms with Crippen molar-refractivity contribution < 1.29 is 0 Å². The van der Waals surface area contributed by atoms with Gasteiger partial charge in [-0.05, 0) is 38.1 Å². The first kappa shape index (κ1) is 13.4. The first-order valence-electron chi connectivity index (χ1n) is 5.65. The van der Waals surface area contributed by atoms with E-state index in [-0.39, 0.29) is 12.4 Å². The van der Waals surface area contributed by atoms with Crippen molar-refractivity contribution in [1.29, 1.82) is 0 Å². The molecule has 1 N–H and O–H groups in total. The summed E-state index contributed by atoms with van der Waals surface area (Å²) >= 11 is 0. The molecule has 0 saturated carbocycles. The van der Waals surface area contributed by atoms with Gasteiger partial charge in [-0.25, -0.2) is 0 Å². The number of likely N-dealkylation sites (N-methyl/N-ethyl adjacent to an activating group) is 1. The summed E-state index contributed by atoms with van der Waals surface area (Å²) in [5.41, 5.74) is 1.29. The highest BCUT2D eigenvalue weighted by molar-refractivity contribution is 5.85. The molecule has 1 saturated heterocycles. The minimum Gasteiger partial charge on any atom is -0.313 e. The van der Waals surface area contributed by atoms with Gasteiger partial charge in [-0.15, -0.1) is 12.4 Å². The molecule has 2 heterocycles. The van der Waals surface area contributed by atoms with E-state index in [0.717, 1.165) is 13.1 Å². The molecule has 0 amide bonds. The van der Waals surface area contributed by atoms with E-state index in [1.807, 2.05) is 18.5 Å². The molecule has 0 aromatic carbocycles. The smallest absolute Gasteiger partial charge is 0.0312 e. The largest absolute Gasteiger partial charge is 0.313 e. The zero-order chi connectivity index (χ0) is 10.5. The number of rotatable bonds is 4. The number of halogens is 1. The summed E-state index contributed by atoms with van der Waals surface area (Å²) in [4.78, 5) is 6.49. The molecule has 1 aliphatic heterocycles. The lowest BCUT2D eigenvalue weighted by atomic mass is 10.2. The molecule has 0 radical (unpaired) electrons. The normalized spacial score (nSPS) is 19.8. The number of hydrogen-bond donors (Lipinski definition) is 1. The third-order valence-electron chi connectivity index (χ3n) is 2.87. The number of pyridine rings is 1. The van der Waals surface area contributed by atoms with E-state index in [9.17, 15) is 0 Å². The standard InChI is InChI=1S/C12H19N3.ClH/c1-15(10-12-5-3-7-14-12)9-11-4-2-6-13-8-11;/h2,4,6,8,12,14H,3,5,7,9-10H2,1H3;1H. The second kappa shape index (κ2) is 6.84. The molecule has 1 aliphatic rings. The van der Waals surface area contributed by atoms with Gasteiger partial charge in [0.2, 0.25) is 0 Å². The fourth-order valence-electron chi connectivity index (χ4n) is 2.16. The molecule has 4 heteroatoms.